The van der Waals surface area contributed by atoms with Gasteiger partial charge in [0.25, 0.3) is 5.91 Å². The first kappa shape index (κ1) is 14.1. The Labute approximate surface area is 123 Å². The summed E-state index contributed by atoms with van der Waals surface area (Å²) in [7, 11) is 0. The predicted molar refractivity (Wildman–Crippen MR) is 74.1 cm³/mol. The third-order valence-electron chi connectivity index (χ3n) is 3.25. The lowest BCUT2D eigenvalue weighted by Crippen LogP contribution is -2.14. The molecule has 7 heteroatoms. The van der Waals surface area contributed by atoms with Crippen molar-refractivity contribution in [3.63, 3.8) is 0 Å². The Morgan fingerprint density at radius 2 is 1.77 bits per heavy atom. The Kier molecular flexibility index (Phi) is 3.13. The number of fused-ring (bicyclic) bond motifs is 1. The zero-order chi connectivity index (χ0) is 15.9. The van der Waals surface area contributed by atoms with Gasteiger partial charge in [0, 0.05) is 11.8 Å². The van der Waals surface area contributed by atoms with Crippen LogP contribution in [0.2, 0.25) is 0 Å². The van der Waals surface area contributed by atoms with Crippen molar-refractivity contribution in [2.75, 3.05) is 0 Å². The summed E-state index contributed by atoms with van der Waals surface area (Å²) in [5.74, 6) is -0.676. The van der Waals surface area contributed by atoms with Gasteiger partial charge in [-0.25, -0.2) is 4.98 Å². The highest BCUT2D eigenvalue weighted by Gasteiger charge is 2.30. The Morgan fingerprint density at radius 1 is 1.09 bits per heavy atom. The van der Waals surface area contributed by atoms with Gasteiger partial charge in [-0.05, 0) is 24.3 Å². The monoisotopic (exact) mass is 305 g/mol. The quantitative estimate of drug-likeness (QED) is 0.790. The second-order valence-corrected chi connectivity index (χ2v) is 4.68. The van der Waals surface area contributed by atoms with Gasteiger partial charge >= 0.3 is 6.18 Å². The normalized spacial score (nSPS) is 11.8. The van der Waals surface area contributed by atoms with Crippen LogP contribution >= 0.6 is 0 Å². The van der Waals surface area contributed by atoms with Crippen LogP contribution in [0.3, 0.4) is 0 Å². The SMILES string of the molecule is NC(=O)c1nc(-c2ccc(C(F)(F)F)cc2)c2ccccn12. The summed E-state index contributed by atoms with van der Waals surface area (Å²) < 4.78 is 39.3. The topological polar surface area (TPSA) is 60.4 Å². The predicted octanol–water partition coefficient (Wildman–Crippen LogP) is 3.12. The van der Waals surface area contributed by atoms with Crippen LogP contribution in [-0.4, -0.2) is 15.3 Å². The van der Waals surface area contributed by atoms with Crippen LogP contribution in [0.5, 0.6) is 0 Å². The number of hydrogen-bond acceptors (Lipinski definition) is 2. The molecule has 0 atom stereocenters. The third kappa shape index (κ3) is 2.30. The Balaban J connectivity index is 2.16. The Hall–Kier alpha value is -2.83. The summed E-state index contributed by atoms with van der Waals surface area (Å²) in [5, 5.41) is 0. The molecule has 4 nitrogen and oxygen atoms in total. The molecule has 0 spiro atoms. The molecule has 0 radical (unpaired) electrons. The molecule has 1 aromatic carbocycles. The summed E-state index contributed by atoms with van der Waals surface area (Å²) in [6, 6.07) is 9.77. The van der Waals surface area contributed by atoms with Gasteiger partial charge < -0.3 is 5.73 Å². The summed E-state index contributed by atoms with van der Waals surface area (Å²) in [5.41, 5.74) is 6.02. The largest absolute Gasteiger partial charge is 0.416 e. The van der Waals surface area contributed by atoms with Gasteiger partial charge in [-0.1, -0.05) is 18.2 Å². The number of nitrogens with zero attached hydrogens (tertiary/aromatic N) is 2. The van der Waals surface area contributed by atoms with Gasteiger partial charge in [0.2, 0.25) is 5.82 Å². The number of rotatable bonds is 2. The van der Waals surface area contributed by atoms with Gasteiger partial charge in [-0.2, -0.15) is 13.2 Å². The summed E-state index contributed by atoms with van der Waals surface area (Å²) in [6.45, 7) is 0. The molecule has 3 rings (SSSR count). The zero-order valence-electron chi connectivity index (χ0n) is 11.1. The third-order valence-corrected chi connectivity index (χ3v) is 3.25. The molecular formula is C15H10F3N3O. The average molecular weight is 305 g/mol. The maximum Gasteiger partial charge on any atom is 0.416 e. The van der Waals surface area contributed by atoms with E-state index in [1.54, 1.807) is 24.4 Å². The van der Waals surface area contributed by atoms with Crippen LogP contribution in [-0.2, 0) is 6.18 Å². The maximum absolute atomic E-state index is 12.6. The summed E-state index contributed by atoms with van der Waals surface area (Å²) in [6.07, 6.45) is -2.77. The standard InChI is InChI=1S/C15H10F3N3O/c16-15(17,18)10-6-4-9(5-7-10)12-11-3-1-2-8-21(11)14(20-12)13(19)22/h1-8H,(H2,19,22). The van der Waals surface area contributed by atoms with E-state index in [2.05, 4.69) is 4.98 Å². The number of pyridine rings is 1. The minimum Gasteiger partial charge on any atom is -0.363 e. The smallest absolute Gasteiger partial charge is 0.363 e. The van der Waals surface area contributed by atoms with Gasteiger partial charge in [0.05, 0.1) is 16.8 Å². The van der Waals surface area contributed by atoms with E-state index < -0.39 is 17.6 Å². The van der Waals surface area contributed by atoms with Gasteiger partial charge in [0.15, 0.2) is 0 Å². The fraction of sp³-hybridized carbons (Fsp3) is 0.0667. The van der Waals surface area contributed by atoms with Crippen molar-refractivity contribution in [1.29, 1.82) is 0 Å². The minimum atomic E-state index is -4.40. The van der Waals surface area contributed by atoms with Crippen LogP contribution < -0.4 is 5.73 Å². The lowest BCUT2D eigenvalue weighted by atomic mass is 10.1. The molecule has 1 amide bonds. The molecule has 0 aliphatic heterocycles. The number of benzene rings is 1. The fourth-order valence-corrected chi connectivity index (χ4v) is 2.24. The molecule has 0 aliphatic carbocycles. The first-order valence-corrected chi connectivity index (χ1v) is 6.32. The molecule has 3 aromatic rings. The molecule has 0 unspecified atom stereocenters. The van der Waals surface area contributed by atoms with Crippen molar-refractivity contribution in [1.82, 2.24) is 9.38 Å². The second-order valence-electron chi connectivity index (χ2n) is 4.68. The highest BCUT2D eigenvalue weighted by atomic mass is 19.4. The van der Waals surface area contributed by atoms with Crippen molar-refractivity contribution < 1.29 is 18.0 Å². The van der Waals surface area contributed by atoms with Crippen molar-refractivity contribution in [3.8, 4) is 11.3 Å². The number of aromatic nitrogens is 2. The highest BCUT2D eigenvalue weighted by molar-refractivity contribution is 5.93. The lowest BCUT2D eigenvalue weighted by molar-refractivity contribution is -0.137. The lowest BCUT2D eigenvalue weighted by Gasteiger charge is -2.06. The van der Waals surface area contributed by atoms with Crippen molar-refractivity contribution in [2.24, 2.45) is 5.73 Å². The van der Waals surface area contributed by atoms with E-state index >= 15 is 0 Å². The first-order valence-electron chi connectivity index (χ1n) is 6.32. The van der Waals surface area contributed by atoms with Crippen LogP contribution in [0.25, 0.3) is 16.8 Å². The number of imidazole rings is 1. The van der Waals surface area contributed by atoms with Gasteiger partial charge in [0.1, 0.15) is 0 Å². The van der Waals surface area contributed by atoms with Crippen molar-refractivity contribution in [2.45, 2.75) is 6.18 Å². The number of hydrogen-bond donors (Lipinski definition) is 1. The number of nitrogens with two attached hydrogens (primary N) is 1. The molecule has 112 valence electrons. The average Bonchev–Trinajstić information content (AvgIpc) is 2.86. The number of primary amides is 1. The summed E-state index contributed by atoms with van der Waals surface area (Å²) >= 11 is 0. The van der Waals surface area contributed by atoms with Crippen LogP contribution in [0, 0.1) is 0 Å². The zero-order valence-corrected chi connectivity index (χ0v) is 11.1. The minimum absolute atomic E-state index is 0.0329. The molecule has 2 aromatic heterocycles. The maximum atomic E-state index is 12.6. The van der Waals surface area contributed by atoms with Crippen LogP contribution in [0.1, 0.15) is 16.2 Å². The van der Waals surface area contributed by atoms with Gasteiger partial charge in [-0.15, -0.1) is 0 Å². The molecule has 22 heavy (non-hydrogen) atoms. The second kappa shape index (κ2) is 4.87. The number of amides is 1. The van der Waals surface area contributed by atoms with E-state index in [0.29, 0.717) is 16.8 Å². The molecule has 2 heterocycles. The summed E-state index contributed by atoms with van der Waals surface area (Å²) in [4.78, 5) is 15.6. The van der Waals surface area contributed by atoms with E-state index in [1.165, 1.54) is 16.5 Å². The number of carbonyl (C=O) groups excluding carboxylic acids is 1. The van der Waals surface area contributed by atoms with Gasteiger partial charge in [-0.3, -0.25) is 9.20 Å². The molecule has 2 N–H and O–H groups in total. The Bertz CT molecular complexity index is 851. The molecule has 0 saturated carbocycles. The first-order chi connectivity index (χ1) is 10.4. The number of alkyl halides is 3. The van der Waals surface area contributed by atoms with E-state index in [4.69, 9.17) is 5.73 Å². The number of halogens is 3. The molecule has 0 fully saturated rings. The Morgan fingerprint density at radius 3 is 2.36 bits per heavy atom. The molecule has 0 bridgehead atoms. The molecular weight excluding hydrogens is 295 g/mol. The highest BCUT2D eigenvalue weighted by Crippen LogP contribution is 2.32. The van der Waals surface area contributed by atoms with Crippen molar-refractivity contribution >= 4 is 11.4 Å². The van der Waals surface area contributed by atoms with Crippen LogP contribution in [0.15, 0.2) is 48.7 Å². The van der Waals surface area contributed by atoms with E-state index in [9.17, 15) is 18.0 Å². The van der Waals surface area contributed by atoms with E-state index in [0.717, 1.165) is 12.1 Å². The van der Waals surface area contributed by atoms with Crippen LogP contribution in [0.4, 0.5) is 13.2 Å². The molecule has 0 aliphatic rings. The fourth-order valence-electron chi connectivity index (χ4n) is 2.24. The van der Waals surface area contributed by atoms with Crippen molar-refractivity contribution in [3.05, 3.63) is 60.0 Å². The van der Waals surface area contributed by atoms with E-state index in [-0.39, 0.29) is 5.82 Å². The molecule has 0 saturated heterocycles. The van der Waals surface area contributed by atoms with E-state index in [1.807, 2.05) is 0 Å². The number of carbonyl (C=O) groups is 1.